The first-order valence-corrected chi connectivity index (χ1v) is 6.98. The summed E-state index contributed by atoms with van der Waals surface area (Å²) in [5.74, 6) is 0.468. The van der Waals surface area contributed by atoms with E-state index in [2.05, 4.69) is 13.8 Å². The maximum Gasteiger partial charge on any atom is 0.344 e. The van der Waals surface area contributed by atoms with Crippen LogP contribution in [0.1, 0.15) is 25.3 Å². The van der Waals surface area contributed by atoms with E-state index in [1.54, 1.807) is 12.1 Å². The molecule has 0 fully saturated rings. The number of hydrogen-bond donors (Lipinski definition) is 1. The zero-order valence-electron chi connectivity index (χ0n) is 12.1. The van der Waals surface area contributed by atoms with Crippen molar-refractivity contribution in [3.8, 4) is 11.1 Å². The minimum absolute atomic E-state index is 0.342. The third-order valence-corrected chi connectivity index (χ3v) is 3.65. The highest BCUT2D eigenvalue weighted by Gasteiger charge is 2.08. The van der Waals surface area contributed by atoms with E-state index in [9.17, 15) is 4.79 Å². The summed E-state index contributed by atoms with van der Waals surface area (Å²) in [5.41, 5.74) is 9.15. The van der Waals surface area contributed by atoms with Gasteiger partial charge >= 0.3 is 5.63 Å². The van der Waals surface area contributed by atoms with Gasteiger partial charge in [0, 0.05) is 17.1 Å². The Morgan fingerprint density at radius 1 is 1.00 bits per heavy atom. The predicted molar refractivity (Wildman–Crippen MR) is 86.4 cm³/mol. The fraction of sp³-hybridized carbons (Fsp3) is 0.167. The molecule has 0 aliphatic heterocycles. The molecule has 0 unspecified atom stereocenters. The Hall–Kier alpha value is -2.55. The number of hydrogen-bond acceptors (Lipinski definition) is 3. The number of nitrogens with two attached hydrogens (primary N) is 1. The maximum atomic E-state index is 12.2. The van der Waals surface area contributed by atoms with Crippen molar-refractivity contribution in [3.63, 3.8) is 0 Å². The average molecular weight is 279 g/mol. The molecule has 2 aromatic carbocycles. The van der Waals surface area contributed by atoms with Crippen LogP contribution in [0.2, 0.25) is 0 Å². The second-order valence-corrected chi connectivity index (χ2v) is 5.52. The molecule has 0 radical (unpaired) electrons. The van der Waals surface area contributed by atoms with E-state index in [0.29, 0.717) is 22.8 Å². The predicted octanol–water partition coefficient (Wildman–Crippen LogP) is 4.17. The number of anilines is 1. The normalized spacial score (nSPS) is 11.2. The molecule has 0 saturated carbocycles. The van der Waals surface area contributed by atoms with Gasteiger partial charge < -0.3 is 10.2 Å². The minimum Gasteiger partial charge on any atom is -0.422 e. The van der Waals surface area contributed by atoms with Crippen molar-refractivity contribution < 1.29 is 4.42 Å². The van der Waals surface area contributed by atoms with Crippen molar-refractivity contribution in [1.82, 2.24) is 0 Å². The average Bonchev–Trinajstić information content (AvgIpc) is 2.46. The van der Waals surface area contributed by atoms with Crippen LogP contribution in [0.4, 0.5) is 5.69 Å². The molecule has 0 spiro atoms. The van der Waals surface area contributed by atoms with Gasteiger partial charge in [-0.1, -0.05) is 38.1 Å². The van der Waals surface area contributed by atoms with Crippen molar-refractivity contribution in [2.24, 2.45) is 0 Å². The molecule has 2 N–H and O–H groups in total. The van der Waals surface area contributed by atoms with Crippen molar-refractivity contribution in [2.75, 3.05) is 5.73 Å². The van der Waals surface area contributed by atoms with Crippen LogP contribution in [0, 0.1) is 0 Å². The van der Waals surface area contributed by atoms with E-state index in [-0.39, 0.29) is 5.63 Å². The van der Waals surface area contributed by atoms with Gasteiger partial charge in [0.05, 0.1) is 5.56 Å². The van der Waals surface area contributed by atoms with Crippen LogP contribution in [0.3, 0.4) is 0 Å². The monoisotopic (exact) mass is 279 g/mol. The van der Waals surface area contributed by atoms with E-state index < -0.39 is 0 Å². The van der Waals surface area contributed by atoms with Crippen LogP contribution >= 0.6 is 0 Å². The highest BCUT2D eigenvalue weighted by atomic mass is 16.4. The molecular weight excluding hydrogens is 262 g/mol. The molecule has 0 saturated heterocycles. The molecule has 3 heteroatoms. The first-order valence-electron chi connectivity index (χ1n) is 6.98. The van der Waals surface area contributed by atoms with Gasteiger partial charge in [-0.2, -0.15) is 0 Å². The molecule has 21 heavy (non-hydrogen) atoms. The van der Waals surface area contributed by atoms with Gasteiger partial charge in [-0.25, -0.2) is 4.79 Å². The molecule has 1 aromatic heterocycles. The van der Waals surface area contributed by atoms with Crippen LogP contribution < -0.4 is 11.4 Å². The first kappa shape index (κ1) is 13.4. The summed E-state index contributed by atoms with van der Waals surface area (Å²) in [6.45, 7) is 4.29. The smallest absolute Gasteiger partial charge is 0.344 e. The lowest BCUT2D eigenvalue weighted by Gasteiger charge is -2.07. The van der Waals surface area contributed by atoms with Gasteiger partial charge in [-0.05, 0) is 35.2 Å². The topological polar surface area (TPSA) is 56.2 Å². The van der Waals surface area contributed by atoms with Gasteiger partial charge in [-0.3, -0.25) is 0 Å². The van der Waals surface area contributed by atoms with Crippen molar-refractivity contribution in [2.45, 2.75) is 19.8 Å². The van der Waals surface area contributed by atoms with Crippen LogP contribution in [-0.4, -0.2) is 0 Å². The number of rotatable bonds is 2. The van der Waals surface area contributed by atoms with E-state index in [1.165, 1.54) is 5.56 Å². The summed E-state index contributed by atoms with van der Waals surface area (Å²) >= 11 is 0. The summed E-state index contributed by atoms with van der Waals surface area (Å²) in [4.78, 5) is 12.2. The summed E-state index contributed by atoms with van der Waals surface area (Å²) in [7, 11) is 0. The van der Waals surface area contributed by atoms with Crippen LogP contribution in [-0.2, 0) is 0 Å². The standard InChI is InChI=1S/C18H17NO2/c1-11(2)12-3-5-13(6-4-12)16-9-14-7-8-15(19)10-17(14)21-18(16)20/h3-11H,19H2,1-2H3. The Morgan fingerprint density at radius 3 is 2.38 bits per heavy atom. The van der Waals surface area contributed by atoms with Crippen molar-refractivity contribution in [1.29, 1.82) is 0 Å². The highest BCUT2D eigenvalue weighted by Crippen LogP contribution is 2.24. The summed E-state index contributed by atoms with van der Waals surface area (Å²) in [6, 6.07) is 15.2. The molecule has 0 aliphatic rings. The summed E-state index contributed by atoms with van der Waals surface area (Å²) < 4.78 is 5.37. The second-order valence-electron chi connectivity index (χ2n) is 5.52. The molecule has 3 aromatic rings. The fourth-order valence-electron chi connectivity index (χ4n) is 2.38. The molecule has 0 atom stereocenters. The SMILES string of the molecule is CC(C)c1ccc(-c2cc3ccc(N)cc3oc2=O)cc1. The molecule has 3 rings (SSSR count). The zero-order valence-corrected chi connectivity index (χ0v) is 12.1. The molecule has 0 bridgehead atoms. The van der Waals surface area contributed by atoms with E-state index in [4.69, 9.17) is 10.2 Å². The minimum atomic E-state index is -0.342. The van der Waals surface area contributed by atoms with Gasteiger partial charge in [0.1, 0.15) is 5.58 Å². The zero-order chi connectivity index (χ0) is 15.0. The van der Waals surface area contributed by atoms with E-state index >= 15 is 0 Å². The molecule has 0 aliphatic carbocycles. The molecule has 3 nitrogen and oxygen atoms in total. The Morgan fingerprint density at radius 2 is 1.71 bits per heavy atom. The molecule has 1 heterocycles. The second kappa shape index (κ2) is 5.09. The maximum absolute atomic E-state index is 12.2. The first-order chi connectivity index (χ1) is 10.0. The van der Waals surface area contributed by atoms with Crippen LogP contribution in [0.15, 0.2) is 57.7 Å². The number of nitrogen functional groups attached to an aromatic ring is 1. The largest absolute Gasteiger partial charge is 0.422 e. The van der Waals surface area contributed by atoms with Crippen LogP contribution in [0.5, 0.6) is 0 Å². The van der Waals surface area contributed by atoms with E-state index in [0.717, 1.165) is 10.9 Å². The third-order valence-electron chi connectivity index (χ3n) is 3.65. The Labute approximate surface area is 123 Å². The van der Waals surface area contributed by atoms with Crippen LogP contribution in [0.25, 0.3) is 22.1 Å². The third kappa shape index (κ3) is 2.55. The number of fused-ring (bicyclic) bond motifs is 1. The number of benzene rings is 2. The van der Waals surface area contributed by atoms with Gasteiger partial charge in [-0.15, -0.1) is 0 Å². The van der Waals surface area contributed by atoms with Gasteiger partial charge in [0.15, 0.2) is 0 Å². The lowest BCUT2D eigenvalue weighted by atomic mass is 9.99. The van der Waals surface area contributed by atoms with Crippen molar-refractivity contribution in [3.05, 3.63) is 64.5 Å². The Balaban J connectivity index is 2.13. The van der Waals surface area contributed by atoms with Crippen molar-refractivity contribution >= 4 is 16.7 Å². The lowest BCUT2D eigenvalue weighted by molar-refractivity contribution is 0.563. The fourth-order valence-corrected chi connectivity index (χ4v) is 2.38. The summed E-state index contributed by atoms with van der Waals surface area (Å²) in [5, 5.41) is 0.867. The summed E-state index contributed by atoms with van der Waals surface area (Å²) in [6.07, 6.45) is 0. The Bertz CT molecular complexity index is 845. The molecule has 0 amide bonds. The van der Waals surface area contributed by atoms with E-state index in [1.807, 2.05) is 36.4 Å². The highest BCUT2D eigenvalue weighted by molar-refractivity contribution is 5.83. The lowest BCUT2D eigenvalue weighted by Crippen LogP contribution is -2.03. The molecule has 106 valence electrons. The van der Waals surface area contributed by atoms with Gasteiger partial charge in [0.2, 0.25) is 0 Å². The van der Waals surface area contributed by atoms with Gasteiger partial charge in [0.25, 0.3) is 0 Å². The quantitative estimate of drug-likeness (QED) is 0.566. The molecular formula is C18H17NO2. The Kier molecular flexibility index (Phi) is 3.26.